The Morgan fingerprint density at radius 2 is 2.00 bits per heavy atom. The van der Waals surface area contributed by atoms with Gasteiger partial charge in [0.2, 0.25) is 0 Å². The van der Waals surface area contributed by atoms with Crippen molar-refractivity contribution in [3.63, 3.8) is 0 Å². The SMILES string of the molecule is CC(N)(c1nc2cc(F)c(F)cc2[nH]1)C1CC1. The largest absolute Gasteiger partial charge is 0.340 e. The van der Waals surface area contributed by atoms with Gasteiger partial charge in [-0.1, -0.05) is 0 Å². The molecule has 1 unspecified atom stereocenters. The molecule has 1 aliphatic carbocycles. The fourth-order valence-corrected chi connectivity index (χ4v) is 2.14. The Morgan fingerprint density at radius 1 is 1.35 bits per heavy atom. The number of fused-ring (bicyclic) bond motifs is 1. The van der Waals surface area contributed by atoms with E-state index < -0.39 is 17.2 Å². The van der Waals surface area contributed by atoms with Crippen LogP contribution in [0.5, 0.6) is 0 Å². The van der Waals surface area contributed by atoms with Gasteiger partial charge in [0.05, 0.1) is 16.6 Å². The molecule has 3 rings (SSSR count). The van der Waals surface area contributed by atoms with Gasteiger partial charge in [0.15, 0.2) is 11.6 Å². The lowest BCUT2D eigenvalue weighted by Crippen LogP contribution is -2.36. The van der Waals surface area contributed by atoms with Crippen LogP contribution in [-0.4, -0.2) is 9.97 Å². The monoisotopic (exact) mass is 237 g/mol. The van der Waals surface area contributed by atoms with E-state index in [1.807, 2.05) is 6.92 Å². The number of halogens is 2. The first kappa shape index (κ1) is 10.7. The van der Waals surface area contributed by atoms with Gasteiger partial charge in [-0.3, -0.25) is 0 Å². The second-order valence-electron chi connectivity index (χ2n) is 4.93. The molecule has 1 heterocycles. The van der Waals surface area contributed by atoms with Crippen molar-refractivity contribution in [2.45, 2.75) is 25.3 Å². The maximum Gasteiger partial charge on any atom is 0.161 e. The predicted molar refractivity (Wildman–Crippen MR) is 60.3 cm³/mol. The predicted octanol–water partition coefficient (Wildman–Crippen LogP) is 2.43. The minimum Gasteiger partial charge on any atom is -0.340 e. The van der Waals surface area contributed by atoms with Crippen molar-refractivity contribution in [1.29, 1.82) is 0 Å². The molecule has 0 saturated heterocycles. The summed E-state index contributed by atoms with van der Waals surface area (Å²) in [6.45, 7) is 1.90. The van der Waals surface area contributed by atoms with Crippen molar-refractivity contribution in [2.75, 3.05) is 0 Å². The Morgan fingerprint density at radius 3 is 2.65 bits per heavy atom. The van der Waals surface area contributed by atoms with Gasteiger partial charge in [-0.25, -0.2) is 13.8 Å². The summed E-state index contributed by atoms with van der Waals surface area (Å²) in [5.74, 6) is -0.767. The van der Waals surface area contributed by atoms with Crippen LogP contribution in [0.25, 0.3) is 11.0 Å². The lowest BCUT2D eigenvalue weighted by atomic mass is 9.97. The van der Waals surface area contributed by atoms with Gasteiger partial charge in [0, 0.05) is 12.1 Å². The number of H-pyrrole nitrogens is 1. The number of nitrogens with zero attached hydrogens (tertiary/aromatic N) is 1. The minimum atomic E-state index is -0.888. The van der Waals surface area contributed by atoms with Crippen LogP contribution in [0.2, 0.25) is 0 Å². The van der Waals surface area contributed by atoms with E-state index in [0.29, 0.717) is 22.8 Å². The molecule has 1 saturated carbocycles. The van der Waals surface area contributed by atoms with Crippen molar-refractivity contribution in [3.05, 3.63) is 29.6 Å². The van der Waals surface area contributed by atoms with Crippen molar-refractivity contribution in [1.82, 2.24) is 9.97 Å². The third kappa shape index (κ3) is 1.61. The van der Waals surface area contributed by atoms with Crippen LogP contribution in [-0.2, 0) is 5.54 Å². The summed E-state index contributed by atoms with van der Waals surface area (Å²) in [6.07, 6.45) is 2.15. The Labute approximate surface area is 97.0 Å². The van der Waals surface area contributed by atoms with Gasteiger partial charge in [-0.2, -0.15) is 0 Å². The van der Waals surface area contributed by atoms with Crippen LogP contribution >= 0.6 is 0 Å². The number of nitrogens with two attached hydrogens (primary N) is 1. The topological polar surface area (TPSA) is 54.7 Å². The zero-order chi connectivity index (χ0) is 12.2. The standard InChI is InChI=1S/C12H13F2N3/c1-12(15,6-2-3-6)11-16-9-4-7(13)8(14)5-10(9)17-11/h4-6H,2-3,15H2,1H3,(H,16,17). The van der Waals surface area contributed by atoms with E-state index in [0.717, 1.165) is 25.0 Å². The molecule has 5 heteroatoms. The molecular weight excluding hydrogens is 224 g/mol. The van der Waals surface area contributed by atoms with Crippen molar-refractivity contribution < 1.29 is 8.78 Å². The molecule has 1 aromatic heterocycles. The molecule has 0 spiro atoms. The normalized spacial score (nSPS) is 19.5. The molecule has 90 valence electrons. The maximum atomic E-state index is 13.1. The van der Waals surface area contributed by atoms with Gasteiger partial charge in [-0.15, -0.1) is 0 Å². The van der Waals surface area contributed by atoms with E-state index in [9.17, 15) is 8.78 Å². The molecule has 0 bridgehead atoms. The maximum absolute atomic E-state index is 13.1. The van der Waals surface area contributed by atoms with Gasteiger partial charge in [0.1, 0.15) is 5.82 Å². The first-order valence-electron chi connectivity index (χ1n) is 5.62. The van der Waals surface area contributed by atoms with Crippen LogP contribution in [0, 0.1) is 17.6 Å². The number of aromatic nitrogens is 2. The van der Waals surface area contributed by atoms with Crippen LogP contribution in [0.15, 0.2) is 12.1 Å². The number of imidazole rings is 1. The van der Waals surface area contributed by atoms with E-state index in [2.05, 4.69) is 9.97 Å². The van der Waals surface area contributed by atoms with Crippen LogP contribution in [0.1, 0.15) is 25.6 Å². The Hall–Kier alpha value is -1.49. The minimum absolute atomic E-state index is 0.401. The van der Waals surface area contributed by atoms with E-state index in [1.54, 1.807) is 0 Å². The fourth-order valence-electron chi connectivity index (χ4n) is 2.14. The number of benzene rings is 1. The van der Waals surface area contributed by atoms with Crippen molar-refractivity contribution in [2.24, 2.45) is 11.7 Å². The molecule has 1 fully saturated rings. The zero-order valence-corrected chi connectivity index (χ0v) is 9.43. The van der Waals surface area contributed by atoms with Crippen LogP contribution in [0.4, 0.5) is 8.78 Å². The third-order valence-corrected chi connectivity index (χ3v) is 3.46. The summed E-state index contributed by atoms with van der Waals surface area (Å²) in [4.78, 5) is 7.24. The quantitative estimate of drug-likeness (QED) is 0.842. The highest BCUT2D eigenvalue weighted by molar-refractivity contribution is 5.75. The van der Waals surface area contributed by atoms with E-state index in [-0.39, 0.29) is 0 Å². The van der Waals surface area contributed by atoms with Crippen LogP contribution < -0.4 is 5.73 Å². The molecule has 1 aliphatic rings. The smallest absolute Gasteiger partial charge is 0.161 e. The van der Waals surface area contributed by atoms with Crippen molar-refractivity contribution >= 4 is 11.0 Å². The molecule has 0 aliphatic heterocycles. The Bertz CT molecular complexity index is 546. The molecule has 0 amide bonds. The highest BCUT2D eigenvalue weighted by Gasteiger charge is 2.41. The van der Waals surface area contributed by atoms with Gasteiger partial charge in [-0.05, 0) is 25.7 Å². The number of aromatic amines is 1. The van der Waals surface area contributed by atoms with E-state index >= 15 is 0 Å². The highest BCUT2D eigenvalue weighted by Crippen LogP contribution is 2.43. The zero-order valence-electron chi connectivity index (χ0n) is 9.43. The van der Waals surface area contributed by atoms with Gasteiger partial charge >= 0.3 is 0 Å². The summed E-state index contributed by atoms with van der Waals surface area (Å²) in [6, 6.07) is 2.21. The van der Waals surface area contributed by atoms with Crippen LogP contribution in [0.3, 0.4) is 0 Å². The summed E-state index contributed by atoms with van der Waals surface area (Å²) in [5, 5.41) is 0. The third-order valence-electron chi connectivity index (χ3n) is 3.46. The lowest BCUT2D eigenvalue weighted by Gasteiger charge is -2.21. The van der Waals surface area contributed by atoms with Crippen molar-refractivity contribution in [3.8, 4) is 0 Å². The lowest BCUT2D eigenvalue weighted by molar-refractivity contribution is 0.405. The first-order chi connectivity index (χ1) is 7.98. The second kappa shape index (κ2) is 3.26. The molecule has 1 aromatic carbocycles. The molecule has 17 heavy (non-hydrogen) atoms. The summed E-state index contributed by atoms with van der Waals surface area (Å²) in [7, 11) is 0. The summed E-state index contributed by atoms with van der Waals surface area (Å²) in [5.41, 5.74) is 6.55. The van der Waals surface area contributed by atoms with Gasteiger partial charge < -0.3 is 10.7 Å². The first-order valence-corrected chi connectivity index (χ1v) is 5.62. The summed E-state index contributed by atoms with van der Waals surface area (Å²) < 4.78 is 26.1. The number of hydrogen-bond donors (Lipinski definition) is 2. The molecule has 1 atom stereocenters. The molecule has 2 aromatic rings. The summed E-state index contributed by atoms with van der Waals surface area (Å²) >= 11 is 0. The highest BCUT2D eigenvalue weighted by atomic mass is 19.2. The Balaban J connectivity index is 2.13. The molecule has 3 nitrogen and oxygen atoms in total. The average molecular weight is 237 g/mol. The number of hydrogen-bond acceptors (Lipinski definition) is 2. The van der Waals surface area contributed by atoms with E-state index in [4.69, 9.17) is 5.73 Å². The Kier molecular flexibility index (Phi) is 2.04. The van der Waals surface area contributed by atoms with E-state index in [1.165, 1.54) is 0 Å². The number of nitrogens with one attached hydrogen (secondary N) is 1. The van der Waals surface area contributed by atoms with Gasteiger partial charge in [0.25, 0.3) is 0 Å². The second-order valence-corrected chi connectivity index (χ2v) is 4.93. The molecular formula is C12H13F2N3. The molecule has 0 radical (unpaired) electrons. The average Bonchev–Trinajstić information content (AvgIpc) is 3.03. The number of rotatable bonds is 2. The fraction of sp³-hybridized carbons (Fsp3) is 0.417. The molecule has 3 N–H and O–H groups in total.